The molecule has 0 saturated heterocycles. The number of aromatic nitrogens is 2. The van der Waals surface area contributed by atoms with E-state index in [0.717, 1.165) is 15.5 Å². The number of nitrogens with zero attached hydrogens (tertiary/aromatic N) is 2. The van der Waals surface area contributed by atoms with Gasteiger partial charge in [0.05, 0.1) is 10.3 Å². The molecule has 0 aliphatic heterocycles. The molecule has 3 aromatic rings. The van der Waals surface area contributed by atoms with Gasteiger partial charge in [-0.2, -0.15) is 4.98 Å². The Morgan fingerprint density at radius 1 is 1.05 bits per heavy atom. The second-order valence-corrected chi connectivity index (χ2v) is 6.30. The highest BCUT2D eigenvalue weighted by Crippen LogP contribution is 2.37. The van der Waals surface area contributed by atoms with Crippen molar-refractivity contribution in [2.24, 2.45) is 0 Å². The molecule has 0 aliphatic carbocycles. The summed E-state index contributed by atoms with van der Waals surface area (Å²) in [5, 5.41) is 4.81. The molecule has 1 aromatic heterocycles. The molecule has 0 amide bonds. The molecule has 3 rings (SSSR count). The van der Waals surface area contributed by atoms with E-state index in [0.29, 0.717) is 11.7 Å². The van der Waals surface area contributed by atoms with Crippen LogP contribution in [-0.4, -0.2) is 10.1 Å². The lowest BCUT2D eigenvalue weighted by Crippen LogP contribution is -1.89. The third kappa shape index (κ3) is 3.28. The van der Waals surface area contributed by atoms with Gasteiger partial charge in [-0.05, 0) is 19.1 Å². The van der Waals surface area contributed by atoms with Gasteiger partial charge in [0, 0.05) is 10.5 Å². The van der Waals surface area contributed by atoms with Crippen LogP contribution >= 0.6 is 23.4 Å². The summed E-state index contributed by atoms with van der Waals surface area (Å²) in [6, 6.07) is 17.5. The van der Waals surface area contributed by atoms with Gasteiger partial charge in [0.1, 0.15) is 0 Å². The van der Waals surface area contributed by atoms with Crippen molar-refractivity contribution in [3.8, 4) is 11.4 Å². The third-order valence-electron chi connectivity index (χ3n) is 2.96. The van der Waals surface area contributed by atoms with Crippen molar-refractivity contribution >= 4 is 23.4 Å². The summed E-state index contributed by atoms with van der Waals surface area (Å²) in [6.45, 7) is 2.02. The summed E-state index contributed by atoms with van der Waals surface area (Å²) in [5.41, 5.74) is 0.947. The van der Waals surface area contributed by atoms with Crippen molar-refractivity contribution in [1.29, 1.82) is 0 Å². The Bertz CT molecular complexity index is 730. The smallest absolute Gasteiger partial charge is 0.240 e. The first-order chi connectivity index (χ1) is 10.2. The van der Waals surface area contributed by atoms with Crippen LogP contribution < -0.4 is 0 Å². The van der Waals surface area contributed by atoms with Crippen LogP contribution in [0.4, 0.5) is 0 Å². The first-order valence-corrected chi connectivity index (χ1v) is 7.80. The van der Waals surface area contributed by atoms with Crippen molar-refractivity contribution < 1.29 is 4.52 Å². The van der Waals surface area contributed by atoms with Gasteiger partial charge in [-0.3, -0.25) is 0 Å². The fourth-order valence-corrected chi connectivity index (χ4v) is 3.07. The van der Waals surface area contributed by atoms with E-state index in [2.05, 4.69) is 10.1 Å². The summed E-state index contributed by atoms with van der Waals surface area (Å²) >= 11 is 7.77. The van der Waals surface area contributed by atoms with Crippen molar-refractivity contribution in [1.82, 2.24) is 10.1 Å². The highest BCUT2D eigenvalue weighted by atomic mass is 35.5. The number of benzene rings is 2. The van der Waals surface area contributed by atoms with E-state index in [1.165, 1.54) is 0 Å². The van der Waals surface area contributed by atoms with E-state index in [1.807, 2.05) is 61.5 Å². The van der Waals surface area contributed by atoms with Gasteiger partial charge >= 0.3 is 0 Å². The highest BCUT2D eigenvalue weighted by molar-refractivity contribution is 7.99. The van der Waals surface area contributed by atoms with Crippen LogP contribution in [0.5, 0.6) is 0 Å². The monoisotopic (exact) mass is 316 g/mol. The van der Waals surface area contributed by atoms with Crippen molar-refractivity contribution in [2.75, 3.05) is 0 Å². The zero-order chi connectivity index (χ0) is 14.7. The zero-order valence-electron chi connectivity index (χ0n) is 11.4. The van der Waals surface area contributed by atoms with Crippen LogP contribution in [0.25, 0.3) is 11.4 Å². The standard InChI is InChI=1S/C16H13ClN2OS/c1-11(21-14-10-6-5-9-13(14)17)16-18-15(19-20-16)12-7-3-2-4-8-12/h2-11H,1H3. The molecule has 2 aromatic carbocycles. The van der Waals surface area contributed by atoms with Crippen LogP contribution in [0.1, 0.15) is 18.1 Å². The molecule has 3 nitrogen and oxygen atoms in total. The lowest BCUT2D eigenvalue weighted by molar-refractivity contribution is 0.381. The molecule has 0 bridgehead atoms. The summed E-state index contributed by atoms with van der Waals surface area (Å²) in [4.78, 5) is 5.47. The molecule has 0 fully saturated rings. The Labute approximate surface area is 132 Å². The van der Waals surface area contributed by atoms with Gasteiger partial charge in [0.2, 0.25) is 11.7 Å². The lowest BCUT2D eigenvalue weighted by Gasteiger charge is -2.07. The number of thioether (sulfide) groups is 1. The summed E-state index contributed by atoms with van der Waals surface area (Å²) in [7, 11) is 0. The minimum Gasteiger partial charge on any atom is -0.338 e. The third-order valence-corrected chi connectivity index (χ3v) is 4.57. The number of halogens is 1. The Hall–Kier alpha value is -1.78. The SMILES string of the molecule is CC(Sc1ccccc1Cl)c1nc(-c2ccccc2)no1. The average molecular weight is 317 g/mol. The molecule has 1 heterocycles. The fourth-order valence-electron chi connectivity index (χ4n) is 1.89. The molecule has 0 spiro atoms. The number of hydrogen-bond acceptors (Lipinski definition) is 4. The summed E-state index contributed by atoms with van der Waals surface area (Å²) < 4.78 is 5.37. The molecule has 21 heavy (non-hydrogen) atoms. The maximum Gasteiger partial charge on any atom is 0.240 e. The van der Waals surface area contributed by atoms with Gasteiger partial charge in [0.25, 0.3) is 0 Å². The van der Waals surface area contributed by atoms with Crippen LogP contribution in [-0.2, 0) is 0 Å². The van der Waals surface area contributed by atoms with Crippen LogP contribution in [0.15, 0.2) is 64.0 Å². The van der Waals surface area contributed by atoms with E-state index in [9.17, 15) is 0 Å². The highest BCUT2D eigenvalue weighted by Gasteiger charge is 2.17. The van der Waals surface area contributed by atoms with Crippen LogP contribution in [0.3, 0.4) is 0 Å². The fraction of sp³-hybridized carbons (Fsp3) is 0.125. The van der Waals surface area contributed by atoms with Crippen LogP contribution in [0, 0.1) is 0 Å². The Balaban J connectivity index is 1.79. The van der Waals surface area contributed by atoms with Crippen molar-refractivity contribution in [3.63, 3.8) is 0 Å². The first-order valence-electron chi connectivity index (χ1n) is 6.54. The van der Waals surface area contributed by atoms with Gasteiger partial charge in [-0.25, -0.2) is 0 Å². The topological polar surface area (TPSA) is 38.9 Å². The molecule has 106 valence electrons. The predicted octanol–water partition coefficient (Wildman–Crippen LogP) is 5.24. The Morgan fingerprint density at radius 2 is 1.76 bits per heavy atom. The van der Waals surface area contributed by atoms with E-state index >= 15 is 0 Å². The van der Waals surface area contributed by atoms with E-state index in [-0.39, 0.29) is 5.25 Å². The Kier molecular flexibility index (Phi) is 4.27. The maximum atomic E-state index is 6.17. The second-order valence-electron chi connectivity index (χ2n) is 4.51. The number of rotatable bonds is 4. The van der Waals surface area contributed by atoms with Crippen molar-refractivity contribution in [2.45, 2.75) is 17.1 Å². The lowest BCUT2D eigenvalue weighted by atomic mass is 10.2. The molecular weight excluding hydrogens is 304 g/mol. The molecular formula is C16H13ClN2OS. The van der Waals surface area contributed by atoms with Gasteiger partial charge < -0.3 is 4.52 Å². The van der Waals surface area contributed by atoms with E-state index in [1.54, 1.807) is 11.8 Å². The molecule has 0 saturated carbocycles. The van der Waals surface area contributed by atoms with Gasteiger partial charge in [-0.15, -0.1) is 11.8 Å². The first kappa shape index (κ1) is 14.2. The molecule has 1 unspecified atom stereocenters. The van der Waals surface area contributed by atoms with Crippen LogP contribution in [0.2, 0.25) is 5.02 Å². The quantitative estimate of drug-likeness (QED) is 0.617. The Morgan fingerprint density at radius 3 is 2.52 bits per heavy atom. The van der Waals surface area contributed by atoms with E-state index in [4.69, 9.17) is 16.1 Å². The minimum absolute atomic E-state index is 0.0369. The number of hydrogen-bond donors (Lipinski definition) is 0. The molecule has 0 N–H and O–H groups in total. The molecule has 0 radical (unpaired) electrons. The van der Waals surface area contributed by atoms with Gasteiger partial charge in [-0.1, -0.05) is 59.2 Å². The van der Waals surface area contributed by atoms with E-state index < -0.39 is 0 Å². The normalized spacial score (nSPS) is 12.3. The zero-order valence-corrected chi connectivity index (χ0v) is 12.9. The average Bonchev–Trinajstić information content (AvgIpc) is 3.00. The minimum atomic E-state index is 0.0369. The maximum absolute atomic E-state index is 6.17. The summed E-state index contributed by atoms with van der Waals surface area (Å²) in [5.74, 6) is 1.20. The predicted molar refractivity (Wildman–Crippen MR) is 85.5 cm³/mol. The molecule has 0 aliphatic rings. The molecule has 1 atom stereocenters. The summed E-state index contributed by atoms with van der Waals surface area (Å²) in [6.07, 6.45) is 0. The van der Waals surface area contributed by atoms with Gasteiger partial charge in [0.15, 0.2) is 0 Å². The van der Waals surface area contributed by atoms with Crippen molar-refractivity contribution in [3.05, 3.63) is 65.5 Å². The largest absolute Gasteiger partial charge is 0.338 e. The molecule has 5 heteroatoms. The second kappa shape index (κ2) is 6.33.